The molecule has 1 aliphatic heterocycles. The van der Waals surface area contributed by atoms with Crippen molar-refractivity contribution in [1.29, 1.82) is 0 Å². The van der Waals surface area contributed by atoms with E-state index in [4.69, 9.17) is 19.2 Å². The first-order valence-electron chi connectivity index (χ1n) is 15.8. The summed E-state index contributed by atoms with van der Waals surface area (Å²) in [5, 5.41) is 0. The summed E-state index contributed by atoms with van der Waals surface area (Å²) in [6.45, 7) is 4.33. The molecule has 8 nitrogen and oxygen atoms in total. The Morgan fingerprint density at radius 3 is 2.29 bits per heavy atom. The monoisotopic (exact) mass is 690 g/mol. The molecule has 0 aliphatic carbocycles. The summed E-state index contributed by atoms with van der Waals surface area (Å²) in [5.41, 5.74) is 4.23. The van der Waals surface area contributed by atoms with Gasteiger partial charge >= 0.3 is 11.9 Å². The van der Waals surface area contributed by atoms with Gasteiger partial charge in [-0.3, -0.25) is 9.36 Å². The van der Waals surface area contributed by atoms with Crippen LogP contribution in [0.4, 0.5) is 0 Å². The third-order valence-corrected chi connectivity index (χ3v) is 9.56. The molecule has 6 rings (SSSR count). The molecule has 0 fully saturated rings. The number of rotatable bonds is 11. The summed E-state index contributed by atoms with van der Waals surface area (Å²) in [4.78, 5) is 46.4. The molecule has 0 amide bonds. The maximum Gasteiger partial charge on any atom is 0.338 e. The SMILES string of the molecule is CCOC(=O)C1=C(c2ccccc2)N=c2s/c(=C\c3cccc(OCc4ccc(C(=O)OCC)cc4)c3)c(=O)n2[C@@H]1c1ccc(SC)cc1. The van der Waals surface area contributed by atoms with E-state index in [9.17, 15) is 14.4 Å². The number of aromatic nitrogens is 1. The predicted octanol–water partition coefficient (Wildman–Crippen LogP) is 6.41. The van der Waals surface area contributed by atoms with E-state index in [0.717, 1.165) is 27.1 Å². The number of carbonyl (C=O) groups is 2. The second-order valence-corrected chi connectivity index (χ2v) is 12.9. The van der Waals surface area contributed by atoms with Gasteiger partial charge in [-0.1, -0.05) is 78.1 Å². The van der Waals surface area contributed by atoms with Crippen LogP contribution in [0.25, 0.3) is 11.8 Å². The van der Waals surface area contributed by atoms with Gasteiger partial charge in [0.05, 0.1) is 40.6 Å². The van der Waals surface area contributed by atoms with E-state index >= 15 is 0 Å². The number of esters is 2. The fraction of sp³-hybridized carbons (Fsp3) is 0.179. The Kier molecular flexibility index (Phi) is 10.6. The van der Waals surface area contributed by atoms with Crippen LogP contribution >= 0.6 is 23.1 Å². The first-order valence-corrected chi connectivity index (χ1v) is 17.9. The molecule has 5 aromatic rings. The second kappa shape index (κ2) is 15.4. The minimum atomic E-state index is -0.742. The number of fused-ring (bicyclic) bond motifs is 1. The quantitative estimate of drug-likeness (QED) is 0.117. The van der Waals surface area contributed by atoms with E-state index in [2.05, 4.69) is 0 Å². The fourth-order valence-corrected chi connectivity index (χ4v) is 6.91. The highest BCUT2D eigenvalue weighted by atomic mass is 32.2. The van der Waals surface area contributed by atoms with Gasteiger partial charge in [0, 0.05) is 10.5 Å². The predicted molar refractivity (Wildman–Crippen MR) is 192 cm³/mol. The summed E-state index contributed by atoms with van der Waals surface area (Å²) >= 11 is 2.89. The number of thiazole rings is 1. The van der Waals surface area contributed by atoms with Gasteiger partial charge in [-0.05, 0) is 79.3 Å². The zero-order chi connectivity index (χ0) is 34.3. The van der Waals surface area contributed by atoms with E-state index < -0.39 is 12.0 Å². The Morgan fingerprint density at radius 2 is 1.59 bits per heavy atom. The van der Waals surface area contributed by atoms with Gasteiger partial charge in [0.25, 0.3) is 5.56 Å². The van der Waals surface area contributed by atoms with Crippen molar-refractivity contribution in [3.63, 3.8) is 0 Å². The smallest absolute Gasteiger partial charge is 0.338 e. The highest BCUT2D eigenvalue weighted by Gasteiger charge is 2.35. The number of hydrogen-bond acceptors (Lipinski definition) is 9. The molecule has 49 heavy (non-hydrogen) atoms. The zero-order valence-corrected chi connectivity index (χ0v) is 28.9. The molecule has 0 saturated heterocycles. The first-order chi connectivity index (χ1) is 23.9. The minimum absolute atomic E-state index is 0.185. The molecule has 0 unspecified atom stereocenters. The van der Waals surface area contributed by atoms with Gasteiger partial charge in [0.1, 0.15) is 12.4 Å². The number of thioether (sulfide) groups is 1. The van der Waals surface area contributed by atoms with E-state index in [1.165, 1.54) is 11.3 Å². The Balaban J connectivity index is 1.39. The molecule has 1 aromatic heterocycles. The lowest BCUT2D eigenvalue weighted by Gasteiger charge is -2.26. The van der Waals surface area contributed by atoms with E-state index in [0.29, 0.717) is 45.1 Å². The topological polar surface area (TPSA) is 96.2 Å². The third kappa shape index (κ3) is 7.45. The maximum atomic E-state index is 14.2. The van der Waals surface area contributed by atoms with Crippen molar-refractivity contribution >= 4 is 46.8 Å². The second-order valence-electron chi connectivity index (χ2n) is 11.0. The minimum Gasteiger partial charge on any atom is -0.489 e. The summed E-state index contributed by atoms with van der Waals surface area (Å²) in [7, 11) is 0. The van der Waals surface area contributed by atoms with Crippen molar-refractivity contribution in [1.82, 2.24) is 4.57 Å². The molecule has 0 N–H and O–H groups in total. The molecule has 0 saturated carbocycles. The molecule has 0 spiro atoms. The van der Waals surface area contributed by atoms with Crippen molar-refractivity contribution in [2.45, 2.75) is 31.4 Å². The Morgan fingerprint density at radius 1 is 0.878 bits per heavy atom. The molecule has 4 aromatic carbocycles. The van der Waals surface area contributed by atoms with Crippen LogP contribution in [0, 0.1) is 0 Å². The van der Waals surface area contributed by atoms with Crippen LogP contribution in [0.1, 0.15) is 52.5 Å². The van der Waals surface area contributed by atoms with Crippen molar-refractivity contribution < 1.29 is 23.8 Å². The molecule has 2 heterocycles. The standard InChI is InChI=1S/C39H34N2O6S2/c1-4-45-37(43)29-16-14-25(15-17-29)24-47-30-13-9-10-26(22-30)23-32-36(42)41-35(28-18-20-31(48-3)21-19-28)33(38(44)46-5-2)34(40-39(41)49-32)27-11-7-6-8-12-27/h6-23,35H,4-5,24H2,1-3H3/b32-23-/t35-/m1/s1. The van der Waals surface area contributed by atoms with Gasteiger partial charge in [-0.2, -0.15) is 0 Å². The number of carbonyl (C=O) groups excluding carboxylic acids is 2. The van der Waals surface area contributed by atoms with Crippen molar-refractivity contribution in [3.05, 3.63) is 156 Å². The number of benzene rings is 4. The van der Waals surface area contributed by atoms with Crippen molar-refractivity contribution in [2.24, 2.45) is 4.99 Å². The van der Waals surface area contributed by atoms with Gasteiger partial charge in [0.2, 0.25) is 0 Å². The third-order valence-electron chi connectivity index (χ3n) is 7.83. The first kappa shape index (κ1) is 33.7. The van der Waals surface area contributed by atoms with Gasteiger partial charge in [-0.15, -0.1) is 11.8 Å². The van der Waals surface area contributed by atoms with Gasteiger partial charge in [0.15, 0.2) is 4.80 Å². The zero-order valence-electron chi connectivity index (χ0n) is 27.3. The van der Waals surface area contributed by atoms with Crippen LogP contribution in [0.5, 0.6) is 5.75 Å². The molecule has 1 atom stereocenters. The molecular formula is C39H34N2O6S2. The van der Waals surface area contributed by atoms with Crippen molar-refractivity contribution in [2.75, 3.05) is 19.5 Å². The Hall–Kier alpha value is -5.19. The molecular weight excluding hydrogens is 657 g/mol. The summed E-state index contributed by atoms with van der Waals surface area (Å²) < 4.78 is 18.7. The lowest BCUT2D eigenvalue weighted by Crippen LogP contribution is -2.40. The lowest BCUT2D eigenvalue weighted by atomic mass is 9.93. The molecule has 1 aliphatic rings. The lowest BCUT2D eigenvalue weighted by molar-refractivity contribution is -0.138. The summed E-state index contributed by atoms with van der Waals surface area (Å²) in [5.74, 6) is -0.251. The average molecular weight is 691 g/mol. The highest BCUT2D eigenvalue weighted by molar-refractivity contribution is 7.98. The van der Waals surface area contributed by atoms with E-state index in [1.807, 2.05) is 103 Å². The van der Waals surface area contributed by atoms with Crippen LogP contribution in [-0.4, -0.2) is 36.0 Å². The molecule has 10 heteroatoms. The summed E-state index contributed by atoms with van der Waals surface area (Å²) in [6, 6.07) is 31.2. The summed E-state index contributed by atoms with van der Waals surface area (Å²) in [6.07, 6.45) is 3.81. The molecule has 0 bridgehead atoms. The fourth-order valence-electron chi connectivity index (χ4n) is 5.51. The molecule has 248 valence electrons. The number of ether oxygens (including phenoxy) is 3. The number of hydrogen-bond donors (Lipinski definition) is 0. The van der Waals surface area contributed by atoms with Crippen LogP contribution < -0.4 is 19.6 Å². The van der Waals surface area contributed by atoms with E-state index in [-0.39, 0.29) is 18.1 Å². The van der Waals surface area contributed by atoms with Crippen LogP contribution in [-0.2, 0) is 20.9 Å². The maximum absolute atomic E-state index is 14.2. The Labute approximate surface area is 292 Å². The highest BCUT2D eigenvalue weighted by Crippen LogP contribution is 2.35. The van der Waals surface area contributed by atoms with Crippen molar-refractivity contribution in [3.8, 4) is 5.75 Å². The van der Waals surface area contributed by atoms with E-state index in [1.54, 1.807) is 42.3 Å². The Bertz CT molecular complexity index is 2190. The normalized spacial score (nSPS) is 14.2. The van der Waals surface area contributed by atoms with Gasteiger partial charge < -0.3 is 14.2 Å². The largest absolute Gasteiger partial charge is 0.489 e. The molecule has 0 radical (unpaired) electrons. The van der Waals surface area contributed by atoms with Crippen LogP contribution in [0.3, 0.4) is 0 Å². The average Bonchev–Trinajstić information content (AvgIpc) is 3.44. The van der Waals surface area contributed by atoms with Gasteiger partial charge in [-0.25, -0.2) is 14.6 Å². The van der Waals surface area contributed by atoms with Crippen LogP contribution in [0.15, 0.2) is 123 Å². The van der Waals surface area contributed by atoms with Crippen LogP contribution in [0.2, 0.25) is 0 Å². The number of nitrogens with zero attached hydrogens (tertiary/aromatic N) is 2.